The second-order valence-electron chi connectivity index (χ2n) is 3.98. The van der Waals surface area contributed by atoms with Crippen LogP contribution in [0.1, 0.15) is 5.56 Å². The average Bonchev–Trinajstić information content (AvgIpc) is 2.46. The van der Waals surface area contributed by atoms with E-state index in [0.29, 0.717) is 15.8 Å². The summed E-state index contributed by atoms with van der Waals surface area (Å²) in [5.41, 5.74) is 0.194. The first kappa shape index (κ1) is 14.8. The van der Waals surface area contributed by atoms with Crippen LogP contribution in [-0.4, -0.2) is 12.0 Å². The van der Waals surface area contributed by atoms with Crippen molar-refractivity contribution in [1.82, 2.24) is 0 Å². The Morgan fingerprint density at radius 3 is 2.62 bits per heavy atom. The molecule has 0 aromatic heterocycles. The van der Waals surface area contributed by atoms with Gasteiger partial charge >= 0.3 is 0 Å². The molecule has 0 N–H and O–H groups in total. The maximum absolute atomic E-state index is 10.8. The molecule has 6 nitrogen and oxygen atoms in total. The number of nitro groups is 1. The van der Waals surface area contributed by atoms with Crippen molar-refractivity contribution in [1.29, 1.82) is 5.26 Å². The predicted octanol–water partition coefficient (Wildman–Crippen LogP) is 4.03. The molecule has 2 aromatic rings. The zero-order chi connectivity index (χ0) is 15.4. The van der Waals surface area contributed by atoms with E-state index in [1.165, 1.54) is 19.2 Å². The number of nitriles is 1. The van der Waals surface area contributed by atoms with Crippen molar-refractivity contribution in [2.24, 2.45) is 0 Å². The highest BCUT2D eigenvalue weighted by Gasteiger charge is 2.12. The van der Waals surface area contributed by atoms with Crippen LogP contribution in [0.2, 0.25) is 0 Å². The SMILES string of the molecule is COc1ccc(C#N)c(Oc2cc(Br)cc([N+](=O)[O-])c2)c1. The molecule has 0 unspecified atom stereocenters. The van der Waals surface area contributed by atoms with Crippen molar-refractivity contribution in [2.45, 2.75) is 0 Å². The molecule has 0 bridgehead atoms. The third kappa shape index (κ3) is 3.49. The fourth-order valence-corrected chi connectivity index (χ4v) is 2.11. The van der Waals surface area contributed by atoms with Crippen molar-refractivity contribution in [2.75, 3.05) is 7.11 Å². The molecular weight excluding hydrogens is 340 g/mol. The van der Waals surface area contributed by atoms with Gasteiger partial charge in [-0.2, -0.15) is 5.26 Å². The molecule has 0 heterocycles. The van der Waals surface area contributed by atoms with Crippen LogP contribution in [-0.2, 0) is 0 Å². The van der Waals surface area contributed by atoms with Gasteiger partial charge in [0, 0.05) is 16.6 Å². The topological polar surface area (TPSA) is 85.4 Å². The lowest BCUT2D eigenvalue weighted by Crippen LogP contribution is -1.93. The molecule has 2 aromatic carbocycles. The summed E-state index contributed by atoms with van der Waals surface area (Å²) in [6.07, 6.45) is 0. The first-order valence-electron chi connectivity index (χ1n) is 5.74. The van der Waals surface area contributed by atoms with Crippen molar-refractivity contribution < 1.29 is 14.4 Å². The van der Waals surface area contributed by atoms with Crippen LogP contribution in [0.5, 0.6) is 17.2 Å². The summed E-state index contributed by atoms with van der Waals surface area (Å²) in [6, 6.07) is 11.0. The van der Waals surface area contributed by atoms with Gasteiger partial charge in [0.25, 0.3) is 5.69 Å². The molecule has 0 saturated heterocycles. The van der Waals surface area contributed by atoms with E-state index in [4.69, 9.17) is 14.7 Å². The second-order valence-corrected chi connectivity index (χ2v) is 4.89. The second kappa shape index (κ2) is 6.24. The van der Waals surface area contributed by atoms with Gasteiger partial charge in [-0.15, -0.1) is 0 Å². The minimum atomic E-state index is -0.519. The minimum Gasteiger partial charge on any atom is -0.497 e. The quantitative estimate of drug-likeness (QED) is 0.614. The van der Waals surface area contributed by atoms with Gasteiger partial charge < -0.3 is 9.47 Å². The number of methoxy groups -OCH3 is 1. The predicted molar refractivity (Wildman–Crippen MR) is 78.6 cm³/mol. The summed E-state index contributed by atoms with van der Waals surface area (Å²) >= 11 is 3.18. The van der Waals surface area contributed by atoms with Gasteiger partial charge in [0.2, 0.25) is 0 Å². The molecule has 0 spiro atoms. The molecule has 0 saturated carbocycles. The molecule has 106 valence electrons. The fourth-order valence-electron chi connectivity index (χ4n) is 1.65. The summed E-state index contributed by atoms with van der Waals surface area (Å²) in [5.74, 6) is 1.04. The average molecular weight is 349 g/mol. The van der Waals surface area contributed by atoms with E-state index < -0.39 is 4.92 Å². The standard InChI is InChI=1S/C14H9BrN2O4/c1-20-12-3-2-9(8-16)14(7-12)21-13-5-10(15)4-11(6-13)17(18)19/h2-7H,1H3. The van der Waals surface area contributed by atoms with Crippen LogP contribution in [0.25, 0.3) is 0 Å². The number of nitrogens with zero attached hydrogens (tertiary/aromatic N) is 2. The Morgan fingerprint density at radius 2 is 2.00 bits per heavy atom. The summed E-state index contributed by atoms with van der Waals surface area (Å²) < 4.78 is 11.2. The number of hydrogen-bond acceptors (Lipinski definition) is 5. The maximum atomic E-state index is 10.8. The lowest BCUT2D eigenvalue weighted by molar-refractivity contribution is -0.385. The molecule has 0 amide bonds. The number of hydrogen-bond donors (Lipinski definition) is 0. The van der Waals surface area contributed by atoms with E-state index in [1.807, 2.05) is 6.07 Å². The van der Waals surface area contributed by atoms with Crippen molar-refractivity contribution >= 4 is 21.6 Å². The molecule has 0 radical (unpaired) electrons. The van der Waals surface area contributed by atoms with Gasteiger partial charge in [0.1, 0.15) is 23.3 Å². The highest BCUT2D eigenvalue weighted by molar-refractivity contribution is 9.10. The zero-order valence-electron chi connectivity index (χ0n) is 10.9. The molecule has 21 heavy (non-hydrogen) atoms. The minimum absolute atomic E-state index is 0.110. The van der Waals surface area contributed by atoms with Gasteiger partial charge in [-0.1, -0.05) is 15.9 Å². The van der Waals surface area contributed by atoms with E-state index >= 15 is 0 Å². The summed E-state index contributed by atoms with van der Waals surface area (Å²) in [6.45, 7) is 0. The van der Waals surface area contributed by atoms with E-state index in [2.05, 4.69) is 15.9 Å². The Bertz CT molecular complexity index is 740. The zero-order valence-corrected chi connectivity index (χ0v) is 12.5. The number of halogens is 1. The largest absolute Gasteiger partial charge is 0.497 e. The first-order chi connectivity index (χ1) is 10.0. The number of ether oxygens (including phenoxy) is 2. The van der Waals surface area contributed by atoms with Crippen molar-refractivity contribution in [3.05, 3.63) is 56.5 Å². The highest BCUT2D eigenvalue weighted by atomic mass is 79.9. The summed E-state index contributed by atoms with van der Waals surface area (Å²) in [7, 11) is 1.50. The molecule has 2 rings (SSSR count). The monoisotopic (exact) mass is 348 g/mol. The smallest absolute Gasteiger partial charge is 0.274 e. The molecule has 7 heteroatoms. The summed E-state index contributed by atoms with van der Waals surface area (Å²) in [5, 5.41) is 19.9. The molecule has 0 atom stereocenters. The number of non-ortho nitro benzene ring substituents is 1. The number of rotatable bonds is 4. The normalized spacial score (nSPS) is 9.76. The number of benzene rings is 2. The first-order valence-corrected chi connectivity index (χ1v) is 6.54. The fraction of sp³-hybridized carbons (Fsp3) is 0.0714. The van der Waals surface area contributed by atoms with E-state index in [9.17, 15) is 10.1 Å². The van der Waals surface area contributed by atoms with Crippen LogP contribution >= 0.6 is 15.9 Å². The van der Waals surface area contributed by atoms with Gasteiger partial charge in [0.15, 0.2) is 0 Å². The van der Waals surface area contributed by atoms with Crippen molar-refractivity contribution in [3.63, 3.8) is 0 Å². The third-order valence-electron chi connectivity index (χ3n) is 2.60. The molecule has 0 aliphatic heterocycles. The van der Waals surface area contributed by atoms with Gasteiger partial charge in [-0.05, 0) is 18.2 Å². The van der Waals surface area contributed by atoms with Crippen LogP contribution in [0.15, 0.2) is 40.9 Å². The Kier molecular flexibility index (Phi) is 4.40. The van der Waals surface area contributed by atoms with Crippen LogP contribution in [0.4, 0.5) is 5.69 Å². The third-order valence-corrected chi connectivity index (χ3v) is 3.06. The van der Waals surface area contributed by atoms with Crippen LogP contribution < -0.4 is 9.47 Å². The lowest BCUT2D eigenvalue weighted by atomic mass is 10.2. The van der Waals surface area contributed by atoms with E-state index in [1.54, 1.807) is 24.3 Å². The Balaban J connectivity index is 2.42. The summed E-state index contributed by atoms with van der Waals surface area (Å²) in [4.78, 5) is 10.3. The van der Waals surface area contributed by atoms with Crippen LogP contribution in [0, 0.1) is 21.4 Å². The molecule has 0 aliphatic rings. The Hall–Kier alpha value is -2.59. The Labute approximate surface area is 128 Å². The van der Waals surface area contributed by atoms with E-state index in [0.717, 1.165) is 0 Å². The lowest BCUT2D eigenvalue weighted by Gasteiger charge is -2.09. The molecule has 0 fully saturated rings. The van der Waals surface area contributed by atoms with Gasteiger partial charge in [-0.3, -0.25) is 10.1 Å². The number of nitro benzene ring substituents is 1. The maximum Gasteiger partial charge on any atom is 0.274 e. The van der Waals surface area contributed by atoms with Gasteiger partial charge in [-0.25, -0.2) is 0 Å². The van der Waals surface area contributed by atoms with Crippen molar-refractivity contribution in [3.8, 4) is 23.3 Å². The van der Waals surface area contributed by atoms with Crippen LogP contribution in [0.3, 0.4) is 0 Å². The van der Waals surface area contributed by atoms with E-state index in [-0.39, 0.29) is 17.2 Å². The highest BCUT2D eigenvalue weighted by Crippen LogP contribution is 2.33. The molecule has 0 aliphatic carbocycles. The van der Waals surface area contributed by atoms with Gasteiger partial charge in [0.05, 0.1) is 23.7 Å². The Morgan fingerprint density at radius 1 is 1.24 bits per heavy atom. The molecular formula is C14H9BrN2O4.